The maximum Gasteiger partial charge on any atom is 0.255 e. The summed E-state index contributed by atoms with van der Waals surface area (Å²) in [5.41, 5.74) is 4.36. The lowest BCUT2D eigenvalue weighted by molar-refractivity contribution is 0.102. The standard InChI is InChI=1S/C17H19NO3S/c1-11-9-12(2)16(13(3)10-11)18-17(19)14-5-7-15(8-6-14)22(4,20)21/h5-10H,1-4H3,(H,18,19). The Kier molecular flexibility index (Phi) is 4.37. The fourth-order valence-electron chi connectivity index (χ4n) is 2.42. The largest absolute Gasteiger partial charge is 0.322 e. The maximum atomic E-state index is 12.3. The van der Waals surface area contributed by atoms with Crippen molar-refractivity contribution >= 4 is 21.4 Å². The summed E-state index contributed by atoms with van der Waals surface area (Å²) in [5.74, 6) is -0.255. The predicted molar refractivity (Wildman–Crippen MR) is 88.2 cm³/mol. The van der Waals surface area contributed by atoms with E-state index in [1.54, 1.807) is 0 Å². The van der Waals surface area contributed by atoms with Gasteiger partial charge in [0.05, 0.1) is 4.90 Å². The van der Waals surface area contributed by atoms with Crippen LogP contribution in [0.15, 0.2) is 41.3 Å². The first-order chi connectivity index (χ1) is 10.2. The van der Waals surface area contributed by atoms with Crippen molar-refractivity contribution in [3.8, 4) is 0 Å². The number of hydrogen-bond acceptors (Lipinski definition) is 3. The third kappa shape index (κ3) is 3.54. The highest BCUT2D eigenvalue weighted by molar-refractivity contribution is 7.90. The lowest BCUT2D eigenvalue weighted by Gasteiger charge is -2.13. The summed E-state index contributed by atoms with van der Waals surface area (Å²) >= 11 is 0. The number of sulfone groups is 1. The monoisotopic (exact) mass is 317 g/mol. The Labute approximate surface area is 131 Å². The summed E-state index contributed by atoms with van der Waals surface area (Å²) in [6.45, 7) is 5.90. The van der Waals surface area contributed by atoms with E-state index in [-0.39, 0.29) is 10.8 Å². The van der Waals surface area contributed by atoms with Crippen molar-refractivity contribution in [2.75, 3.05) is 11.6 Å². The van der Waals surface area contributed by atoms with E-state index in [0.29, 0.717) is 5.56 Å². The van der Waals surface area contributed by atoms with Gasteiger partial charge in [-0.05, 0) is 56.2 Å². The van der Waals surface area contributed by atoms with Gasteiger partial charge in [0.15, 0.2) is 9.84 Å². The van der Waals surface area contributed by atoms with Crippen LogP contribution in [0.5, 0.6) is 0 Å². The van der Waals surface area contributed by atoms with Crippen molar-refractivity contribution in [1.29, 1.82) is 0 Å². The first-order valence-corrected chi connectivity index (χ1v) is 8.77. The van der Waals surface area contributed by atoms with Crippen LogP contribution in [-0.2, 0) is 9.84 Å². The van der Waals surface area contributed by atoms with Crippen molar-refractivity contribution < 1.29 is 13.2 Å². The van der Waals surface area contributed by atoms with E-state index in [1.165, 1.54) is 24.3 Å². The second-order valence-corrected chi connectivity index (χ2v) is 7.54. The predicted octanol–water partition coefficient (Wildman–Crippen LogP) is 3.27. The molecule has 0 fully saturated rings. The van der Waals surface area contributed by atoms with Crippen molar-refractivity contribution in [3.63, 3.8) is 0 Å². The molecule has 2 aromatic carbocycles. The molecule has 0 radical (unpaired) electrons. The van der Waals surface area contributed by atoms with Gasteiger partial charge in [-0.15, -0.1) is 0 Å². The number of nitrogens with one attached hydrogen (secondary N) is 1. The van der Waals surface area contributed by atoms with Crippen molar-refractivity contribution in [3.05, 3.63) is 58.7 Å². The van der Waals surface area contributed by atoms with Crippen LogP contribution in [0.2, 0.25) is 0 Å². The zero-order chi connectivity index (χ0) is 16.5. The molecule has 0 bridgehead atoms. The molecule has 0 aliphatic rings. The molecule has 0 aliphatic heterocycles. The third-order valence-corrected chi connectivity index (χ3v) is 4.59. The van der Waals surface area contributed by atoms with Crippen molar-refractivity contribution in [2.45, 2.75) is 25.7 Å². The summed E-state index contributed by atoms with van der Waals surface area (Å²) in [5, 5.41) is 2.89. The van der Waals surface area contributed by atoms with Gasteiger partial charge in [-0.1, -0.05) is 17.7 Å². The Hall–Kier alpha value is -2.14. The van der Waals surface area contributed by atoms with Gasteiger partial charge in [-0.3, -0.25) is 4.79 Å². The Balaban J connectivity index is 2.27. The van der Waals surface area contributed by atoms with E-state index in [0.717, 1.165) is 28.6 Å². The van der Waals surface area contributed by atoms with Crippen LogP contribution in [0.25, 0.3) is 0 Å². The van der Waals surface area contributed by atoms with Gasteiger partial charge in [-0.25, -0.2) is 8.42 Å². The van der Waals surface area contributed by atoms with Gasteiger partial charge in [0.2, 0.25) is 0 Å². The number of rotatable bonds is 3. The van der Waals surface area contributed by atoms with Gasteiger partial charge in [-0.2, -0.15) is 0 Å². The Morgan fingerprint density at radius 2 is 1.45 bits per heavy atom. The van der Waals surface area contributed by atoms with Gasteiger partial charge >= 0.3 is 0 Å². The molecule has 0 unspecified atom stereocenters. The highest BCUT2D eigenvalue weighted by atomic mass is 32.2. The summed E-state index contributed by atoms with van der Waals surface area (Å²) in [4.78, 5) is 12.5. The molecule has 22 heavy (non-hydrogen) atoms. The van der Waals surface area contributed by atoms with E-state index in [2.05, 4.69) is 5.32 Å². The number of amides is 1. The third-order valence-electron chi connectivity index (χ3n) is 3.46. The second-order valence-electron chi connectivity index (χ2n) is 5.52. The number of anilines is 1. The van der Waals surface area contributed by atoms with Gasteiger partial charge in [0.1, 0.15) is 0 Å². The molecule has 4 nitrogen and oxygen atoms in total. The Morgan fingerprint density at radius 3 is 1.91 bits per heavy atom. The molecule has 0 aromatic heterocycles. The summed E-state index contributed by atoms with van der Waals surface area (Å²) in [7, 11) is -3.25. The van der Waals surface area contributed by atoms with E-state index in [1.807, 2.05) is 32.9 Å². The Bertz CT molecular complexity index is 798. The van der Waals surface area contributed by atoms with Gasteiger partial charge in [0.25, 0.3) is 5.91 Å². The summed E-state index contributed by atoms with van der Waals surface area (Å²) in [6, 6.07) is 9.94. The Morgan fingerprint density at radius 1 is 0.955 bits per heavy atom. The van der Waals surface area contributed by atoms with E-state index in [4.69, 9.17) is 0 Å². The lowest BCUT2D eigenvalue weighted by Crippen LogP contribution is -2.14. The number of benzene rings is 2. The fraction of sp³-hybridized carbons (Fsp3) is 0.235. The fourth-order valence-corrected chi connectivity index (χ4v) is 3.05. The smallest absolute Gasteiger partial charge is 0.255 e. The second kappa shape index (κ2) is 5.93. The van der Waals surface area contributed by atoms with Crippen LogP contribution >= 0.6 is 0 Å². The lowest BCUT2D eigenvalue weighted by atomic mass is 10.0. The number of carbonyl (C=O) groups is 1. The van der Waals surface area contributed by atoms with Gasteiger partial charge < -0.3 is 5.32 Å². The molecule has 116 valence electrons. The normalized spacial score (nSPS) is 11.3. The first kappa shape index (κ1) is 16.2. The molecular weight excluding hydrogens is 298 g/mol. The summed E-state index contributed by atoms with van der Waals surface area (Å²) in [6.07, 6.45) is 1.14. The highest BCUT2D eigenvalue weighted by Crippen LogP contribution is 2.22. The van der Waals surface area contributed by atoms with E-state index < -0.39 is 9.84 Å². The van der Waals surface area contributed by atoms with E-state index in [9.17, 15) is 13.2 Å². The maximum absolute atomic E-state index is 12.3. The first-order valence-electron chi connectivity index (χ1n) is 6.88. The number of aryl methyl sites for hydroxylation is 3. The molecule has 0 spiro atoms. The van der Waals surface area contributed by atoms with Crippen LogP contribution in [-0.4, -0.2) is 20.6 Å². The zero-order valence-corrected chi connectivity index (χ0v) is 13.9. The van der Waals surface area contributed by atoms with Crippen LogP contribution in [0, 0.1) is 20.8 Å². The van der Waals surface area contributed by atoms with Crippen LogP contribution in [0.1, 0.15) is 27.0 Å². The molecular formula is C17H19NO3S. The summed E-state index contributed by atoms with van der Waals surface area (Å²) < 4.78 is 22.9. The SMILES string of the molecule is Cc1cc(C)c(NC(=O)c2ccc(S(C)(=O)=O)cc2)c(C)c1. The van der Waals surface area contributed by atoms with Crippen LogP contribution in [0.3, 0.4) is 0 Å². The quantitative estimate of drug-likeness (QED) is 0.945. The molecule has 1 N–H and O–H groups in total. The molecule has 1 amide bonds. The molecule has 0 heterocycles. The minimum atomic E-state index is -3.25. The molecule has 0 saturated heterocycles. The topological polar surface area (TPSA) is 63.2 Å². The van der Waals surface area contributed by atoms with Crippen molar-refractivity contribution in [2.24, 2.45) is 0 Å². The molecule has 5 heteroatoms. The highest BCUT2D eigenvalue weighted by Gasteiger charge is 2.12. The average Bonchev–Trinajstić information content (AvgIpc) is 2.41. The molecule has 2 aromatic rings. The van der Waals surface area contributed by atoms with Gasteiger partial charge in [0, 0.05) is 17.5 Å². The number of carbonyl (C=O) groups excluding carboxylic acids is 1. The van der Waals surface area contributed by atoms with Crippen LogP contribution in [0.4, 0.5) is 5.69 Å². The van der Waals surface area contributed by atoms with Crippen molar-refractivity contribution in [1.82, 2.24) is 0 Å². The molecule has 2 rings (SSSR count). The molecule has 0 aliphatic carbocycles. The average molecular weight is 317 g/mol. The minimum absolute atomic E-state index is 0.201. The van der Waals surface area contributed by atoms with Crippen LogP contribution < -0.4 is 5.32 Å². The van der Waals surface area contributed by atoms with E-state index >= 15 is 0 Å². The number of hydrogen-bond donors (Lipinski definition) is 1. The minimum Gasteiger partial charge on any atom is -0.322 e. The zero-order valence-electron chi connectivity index (χ0n) is 13.1. The molecule has 0 atom stereocenters. The molecule has 0 saturated carbocycles.